The second-order valence-corrected chi connectivity index (χ2v) is 6.32. The second-order valence-electron chi connectivity index (χ2n) is 5.46. The van der Waals surface area contributed by atoms with Crippen LogP contribution in [0.2, 0.25) is 0 Å². The molecule has 8 heteroatoms. The monoisotopic (exact) mass is 364 g/mol. The summed E-state index contributed by atoms with van der Waals surface area (Å²) >= 11 is 1.24. The minimum atomic E-state index is -0.475. The average molecular weight is 364 g/mol. The van der Waals surface area contributed by atoms with E-state index in [2.05, 4.69) is 27.9 Å². The van der Waals surface area contributed by atoms with E-state index in [1.54, 1.807) is 5.38 Å². The maximum atomic E-state index is 12.8. The van der Waals surface area contributed by atoms with E-state index in [4.69, 9.17) is 0 Å². The van der Waals surface area contributed by atoms with Gasteiger partial charge in [-0.1, -0.05) is 19.8 Å². The van der Waals surface area contributed by atoms with Gasteiger partial charge in [0.1, 0.15) is 5.82 Å². The van der Waals surface area contributed by atoms with Gasteiger partial charge in [-0.2, -0.15) is 0 Å². The predicted molar refractivity (Wildman–Crippen MR) is 97.4 cm³/mol. The highest BCUT2D eigenvalue weighted by atomic mass is 32.1. The number of urea groups is 1. The summed E-state index contributed by atoms with van der Waals surface area (Å²) in [5.74, 6) is -0.452. The van der Waals surface area contributed by atoms with Crippen molar-refractivity contribution >= 4 is 34.1 Å². The summed E-state index contributed by atoms with van der Waals surface area (Å²) in [5.41, 5.74) is 1.08. The van der Waals surface area contributed by atoms with Crippen molar-refractivity contribution < 1.29 is 14.0 Å². The molecular formula is C17H21FN4O2S. The molecule has 0 aliphatic heterocycles. The van der Waals surface area contributed by atoms with Gasteiger partial charge in [0.25, 0.3) is 0 Å². The maximum Gasteiger partial charge on any atom is 0.325 e. The van der Waals surface area contributed by atoms with E-state index in [-0.39, 0.29) is 18.1 Å². The number of amides is 3. The number of aromatic nitrogens is 1. The number of benzene rings is 1. The molecule has 3 N–H and O–H groups in total. The van der Waals surface area contributed by atoms with Crippen LogP contribution in [0.15, 0.2) is 29.6 Å². The van der Waals surface area contributed by atoms with Crippen LogP contribution >= 0.6 is 11.3 Å². The van der Waals surface area contributed by atoms with Gasteiger partial charge in [0.15, 0.2) is 5.13 Å². The van der Waals surface area contributed by atoms with E-state index in [1.165, 1.54) is 35.6 Å². The predicted octanol–water partition coefficient (Wildman–Crippen LogP) is 3.78. The molecule has 0 bridgehead atoms. The number of halogens is 1. The highest BCUT2D eigenvalue weighted by Crippen LogP contribution is 2.16. The van der Waals surface area contributed by atoms with Crippen LogP contribution < -0.4 is 16.0 Å². The minimum absolute atomic E-state index is 0.0799. The molecule has 0 atom stereocenters. The summed E-state index contributed by atoms with van der Waals surface area (Å²) < 4.78 is 12.8. The number of anilines is 2. The van der Waals surface area contributed by atoms with Crippen LogP contribution in [0, 0.1) is 5.82 Å². The van der Waals surface area contributed by atoms with Crippen molar-refractivity contribution in [1.29, 1.82) is 0 Å². The molecule has 134 valence electrons. The number of carbonyl (C=O) groups is 2. The summed E-state index contributed by atoms with van der Waals surface area (Å²) in [4.78, 5) is 27.9. The van der Waals surface area contributed by atoms with Gasteiger partial charge in [-0.05, 0) is 30.7 Å². The Morgan fingerprint density at radius 1 is 1.16 bits per heavy atom. The second kappa shape index (κ2) is 9.73. The van der Waals surface area contributed by atoms with E-state index in [0.717, 1.165) is 19.3 Å². The fraction of sp³-hybridized carbons (Fsp3) is 0.353. The standard InChI is InChI=1S/C17H21FN4O2S/c1-2-3-4-9-19-15(23)10-14-11-25-17(21-14)22-16(24)20-13-7-5-12(18)6-8-13/h5-8,11H,2-4,9-10H2,1H3,(H,19,23)(H2,20,21,22,24). The largest absolute Gasteiger partial charge is 0.356 e. The molecular weight excluding hydrogens is 343 g/mol. The lowest BCUT2D eigenvalue weighted by molar-refractivity contribution is -0.120. The van der Waals surface area contributed by atoms with Crippen LogP contribution in [-0.2, 0) is 11.2 Å². The van der Waals surface area contributed by atoms with E-state index >= 15 is 0 Å². The molecule has 0 saturated heterocycles. The molecule has 2 rings (SSSR count). The van der Waals surface area contributed by atoms with Crippen LogP contribution in [0.4, 0.5) is 20.0 Å². The molecule has 25 heavy (non-hydrogen) atoms. The first-order valence-electron chi connectivity index (χ1n) is 8.11. The topological polar surface area (TPSA) is 83.1 Å². The molecule has 0 unspecified atom stereocenters. The minimum Gasteiger partial charge on any atom is -0.356 e. The Hall–Kier alpha value is -2.48. The molecule has 6 nitrogen and oxygen atoms in total. The van der Waals surface area contributed by atoms with Crippen molar-refractivity contribution in [2.75, 3.05) is 17.2 Å². The average Bonchev–Trinajstić information content (AvgIpc) is 3.00. The van der Waals surface area contributed by atoms with Crippen molar-refractivity contribution in [3.05, 3.63) is 41.2 Å². The summed E-state index contributed by atoms with van der Waals surface area (Å²) in [6, 6.07) is 4.97. The lowest BCUT2D eigenvalue weighted by Gasteiger charge is -2.05. The third-order valence-corrected chi connectivity index (χ3v) is 4.13. The molecule has 0 radical (unpaired) electrons. The number of nitrogens with one attached hydrogen (secondary N) is 3. The summed E-state index contributed by atoms with van der Waals surface area (Å²) in [6.45, 7) is 2.78. The summed E-state index contributed by atoms with van der Waals surface area (Å²) in [7, 11) is 0. The number of carbonyl (C=O) groups excluding carboxylic acids is 2. The Balaban J connectivity index is 1.77. The normalized spacial score (nSPS) is 10.3. The fourth-order valence-corrected chi connectivity index (χ4v) is 2.77. The van der Waals surface area contributed by atoms with Gasteiger partial charge in [-0.15, -0.1) is 11.3 Å². The van der Waals surface area contributed by atoms with Crippen LogP contribution in [0.3, 0.4) is 0 Å². The quantitative estimate of drug-likeness (QED) is 0.624. The Morgan fingerprint density at radius 2 is 1.92 bits per heavy atom. The van der Waals surface area contributed by atoms with Gasteiger partial charge in [0.05, 0.1) is 12.1 Å². The smallest absolute Gasteiger partial charge is 0.325 e. The molecule has 0 spiro atoms. The summed E-state index contributed by atoms with van der Waals surface area (Å²) in [5, 5.41) is 10.1. The maximum absolute atomic E-state index is 12.8. The van der Waals surface area contributed by atoms with E-state index < -0.39 is 6.03 Å². The molecule has 0 aliphatic carbocycles. The Labute approximate surface area is 149 Å². The van der Waals surface area contributed by atoms with Crippen molar-refractivity contribution in [1.82, 2.24) is 10.3 Å². The lowest BCUT2D eigenvalue weighted by Crippen LogP contribution is -2.26. The van der Waals surface area contributed by atoms with Crippen molar-refractivity contribution in [3.63, 3.8) is 0 Å². The van der Waals surface area contributed by atoms with Gasteiger partial charge in [0, 0.05) is 17.6 Å². The first kappa shape index (κ1) is 18.9. The van der Waals surface area contributed by atoms with Crippen molar-refractivity contribution in [3.8, 4) is 0 Å². The highest BCUT2D eigenvalue weighted by molar-refractivity contribution is 7.13. The zero-order chi connectivity index (χ0) is 18.1. The molecule has 1 heterocycles. The zero-order valence-corrected chi connectivity index (χ0v) is 14.8. The lowest BCUT2D eigenvalue weighted by atomic mass is 10.2. The molecule has 3 amide bonds. The van der Waals surface area contributed by atoms with Crippen LogP contribution in [0.1, 0.15) is 31.9 Å². The van der Waals surface area contributed by atoms with Crippen molar-refractivity contribution in [2.45, 2.75) is 32.6 Å². The number of rotatable bonds is 8. The highest BCUT2D eigenvalue weighted by Gasteiger charge is 2.10. The zero-order valence-electron chi connectivity index (χ0n) is 14.0. The molecule has 0 aliphatic rings. The number of thiazole rings is 1. The molecule has 2 aromatic rings. The number of nitrogens with zero attached hydrogens (tertiary/aromatic N) is 1. The first-order chi connectivity index (χ1) is 12.1. The van der Waals surface area contributed by atoms with Gasteiger partial charge < -0.3 is 10.6 Å². The Kier molecular flexibility index (Phi) is 7.34. The Morgan fingerprint density at radius 3 is 2.64 bits per heavy atom. The third kappa shape index (κ3) is 6.88. The van der Waals surface area contributed by atoms with Gasteiger partial charge in [-0.3, -0.25) is 10.1 Å². The summed E-state index contributed by atoms with van der Waals surface area (Å²) in [6.07, 6.45) is 3.35. The molecule has 0 fully saturated rings. The first-order valence-corrected chi connectivity index (χ1v) is 8.99. The molecule has 1 aromatic heterocycles. The SMILES string of the molecule is CCCCCNC(=O)Cc1csc(NC(=O)Nc2ccc(F)cc2)n1. The van der Waals surface area contributed by atoms with E-state index in [0.29, 0.717) is 23.1 Å². The van der Waals surface area contributed by atoms with E-state index in [1.807, 2.05) is 0 Å². The Bertz CT molecular complexity index is 703. The van der Waals surface area contributed by atoms with Gasteiger partial charge >= 0.3 is 6.03 Å². The van der Waals surface area contributed by atoms with Gasteiger partial charge in [0.2, 0.25) is 5.91 Å². The van der Waals surface area contributed by atoms with Crippen LogP contribution in [-0.4, -0.2) is 23.5 Å². The fourth-order valence-electron chi connectivity index (χ4n) is 2.07. The van der Waals surface area contributed by atoms with Crippen LogP contribution in [0.5, 0.6) is 0 Å². The van der Waals surface area contributed by atoms with E-state index in [9.17, 15) is 14.0 Å². The van der Waals surface area contributed by atoms with Crippen molar-refractivity contribution in [2.24, 2.45) is 0 Å². The number of hydrogen-bond acceptors (Lipinski definition) is 4. The molecule has 1 aromatic carbocycles. The third-order valence-electron chi connectivity index (χ3n) is 3.32. The number of hydrogen-bond donors (Lipinski definition) is 3. The van der Waals surface area contributed by atoms with Crippen LogP contribution in [0.25, 0.3) is 0 Å². The van der Waals surface area contributed by atoms with Gasteiger partial charge in [-0.25, -0.2) is 14.2 Å². The molecule has 0 saturated carbocycles. The number of unbranched alkanes of at least 4 members (excludes halogenated alkanes) is 2.